The summed E-state index contributed by atoms with van der Waals surface area (Å²) in [6.07, 6.45) is 0.486. The Bertz CT molecular complexity index is 611. The molecule has 0 aliphatic carbocycles. The minimum absolute atomic E-state index is 0.376. The van der Waals surface area contributed by atoms with Crippen molar-refractivity contribution in [3.63, 3.8) is 0 Å². The number of hydrogen-bond donors (Lipinski definition) is 0. The summed E-state index contributed by atoms with van der Waals surface area (Å²) in [4.78, 5) is 11.8. The van der Waals surface area contributed by atoms with Crippen LogP contribution in [0.3, 0.4) is 0 Å². The molecular formula is C17H17ClO3. The van der Waals surface area contributed by atoms with Crippen molar-refractivity contribution in [1.82, 2.24) is 0 Å². The number of benzene rings is 2. The number of hydrogen-bond acceptors (Lipinski definition) is 3. The van der Waals surface area contributed by atoms with Crippen LogP contribution in [0.1, 0.15) is 17.0 Å². The zero-order valence-corrected chi connectivity index (χ0v) is 12.8. The van der Waals surface area contributed by atoms with E-state index in [9.17, 15) is 4.79 Å². The van der Waals surface area contributed by atoms with E-state index in [0.717, 1.165) is 11.1 Å². The van der Waals surface area contributed by atoms with E-state index in [-0.39, 0.29) is 5.24 Å². The van der Waals surface area contributed by atoms with Gasteiger partial charge in [-0.2, -0.15) is 0 Å². The lowest BCUT2D eigenvalue weighted by atomic mass is 9.92. The summed E-state index contributed by atoms with van der Waals surface area (Å²) in [5.41, 5.74) is 1.82. The molecule has 0 aliphatic rings. The molecule has 21 heavy (non-hydrogen) atoms. The molecule has 4 heteroatoms. The van der Waals surface area contributed by atoms with Crippen LogP contribution in [0, 0.1) is 0 Å². The molecule has 0 aliphatic heterocycles. The number of carbonyl (C=O) groups excluding carboxylic acids is 1. The van der Waals surface area contributed by atoms with Crippen LogP contribution in [-0.2, 0) is 11.2 Å². The molecule has 2 aromatic rings. The van der Waals surface area contributed by atoms with E-state index in [4.69, 9.17) is 21.1 Å². The molecule has 0 amide bonds. The van der Waals surface area contributed by atoms with Gasteiger partial charge in [-0.05, 0) is 35.2 Å². The van der Waals surface area contributed by atoms with Crippen LogP contribution in [0.2, 0.25) is 0 Å². The van der Waals surface area contributed by atoms with Crippen molar-refractivity contribution in [3.8, 4) is 11.5 Å². The zero-order valence-electron chi connectivity index (χ0n) is 12.0. The van der Waals surface area contributed by atoms with Gasteiger partial charge >= 0.3 is 0 Å². The average molecular weight is 305 g/mol. The highest BCUT2D eigenvalue weighted by atomic mass is 35.5. The van der Waals surface area contributed by atoms with E-state index in [1.807, 2.05) is 42.5 Å². The van der Waals surface area contributed by atoms with Crippen molar-refractivity contribution in [2.45, 2.75) is 12.3 Å². The quantitative estimate of drug-likeness (QED) is 0.762. The van der Waals surface area contributed by atoms with Gasteiger partial charge in [-0.1, -0.05) is 36.4 Å². The predicted molar refractivity (Wildman–Crippen MR) is 83.3 cm³/mol. The first-order valence-corrected chi connectivity index (χ1v) is 6.98. The lowest BCUT2D eigenvalue weighted by molar-refractivity contribution is -0.113. The molecule has 0 N–H and O–H groups in total. The van der Waals surface area contributed by atoms with Crippen molar-refractivity contribution in [2.24, 2.45) is 0 Å². The Kier molecular flexibility index (Phi) is 5.23. The predicted octanol–water partition coefficient (Wildman–Crippen LogP) is 3.80. The summed E-state index contributed by atoms with van der Waals surface area (Å²) in [6, 6.07) is 15.1. The molecule has 0 spiro atoms. The van der Waals surface area contributed by atoms with Crippen LogP contribution in [0.25, 0.3) is 0 Å². The Morgan fingerprint density at radius 2 is 1.81 bits per heavy atom. The number of halogens is 1. The maximum absolute atomic E-state index is 11.8. The van der Waals surface area contributed by atoms with Gasteiger partial charge < -0.3 is 9.47 Å². The van der Waals surface area contributed by atoms with Crippen LogP contribution in [0.15, 0.2) is 48.5 Å². The average Bonchev–Trinajstić information content (AvgIpc) is 2.53. The van der Waals surface area contributed by atoms with Gasteiger partial charge in [0.1, 0.15) is 11.5 Å². The van der Waals surface area contributed by atoms with E-state index >= 15 is 0 Å². The summed E-state index contributed by atoms with van der Waals surface area (Å²) in [7, 11) is 3.20. The Labute approximate surface area is 129 Å². The minimum Gasteiger partial charge on any atom is -0.497 e. The maximum Gasteiger partial charge on any atom is 0.229 e. The van der Waals surface area contributed by atoms with Crippen LogP contribution in [0.4, 0.5) is 0 Å². The third-order valence-corrected chi connectivity index (χ3v) is 3.66. The molecular weight excluding hydrogens is 288 g/mol. The van der Waals surface area contributed by atoms with Gasteiger partial charge in [0, 0.05) is 6.07 Å². The van der Waals surface area contributed by atoms with Gasteiger partial charge in [-0.25, -0.2) is 0 Å². The van der Waals surface area contributed by atoms with Crippen LogP contribution >= 0.6 is 11.6 Å². The van der Waals surface area contributed by atoms with Crippen LogP contribution in [0.5, 0.6) is 11.5 Å². The third-order valence-electron chi connectivity index (χ3n) is 3.39. The fourth-order valence-electron chi connectivity index (χ4n) is 2.25. The molecule has 2 rings (SSSR count). The summed E-state index contributed by atoms with van der Waals surface area (Å²) >= 11 is 5.78. The first-order chi connectivity index (χ1) is 10.2. The molecule has 0 saturated carbocycles. The minimum atomic E-state index is -0.393. The van der Waals surface area contributed by atoms with E-state index < -0.39 is 5.92 Å². The molecule has 0 fully saturated rings. The highest BCUT2D eigenvalue weighted by Crippen LogP contribution is 2.30. The third kappa shape index (κ3) is 3.76. The Morgan fingerprint density at radius 1 is 1.10 bits per heavy atom. The first kappa shape index (κ1) is 15.4. The van der Waals surface area contributed by atoms with Gasteiger partial charge in [-0.3, -0.25) is 4.79 Å². The van der Waals surface area contributed by atoms with Crippen molar-refractivity contribution < 1.29 is 14.3 Å². The van der Waals surface area contributed by atoms with Crippen molar-refractivity contribution in [2.75, 3.05) is 14.2 Å². The molecule has 0 saturated heterocycles. The Hall–Kier alpha value is -2.00. The molecule has 0 heterocycles. The molecule has 3 nitrogen and oxygen atoms in total. The van der Waals surface area contributed by atoms with Crippen molar-refractivity contribution in [3.05, 3.63) is 59.7 Å². The Balaban J connectivity index is 2.31. The number of ether oxygens (including phenoxy) is 2. The van der Waals surface area contributed by atoms with Crippen LogP contribution in [-0.4, -0.2) is 19.5 Å². The summed E-state index contributed by atoms with van der Waals surface area (Å²) in [5, 5.41) is -0.376. The summed E-state index contributed by atoms with van der Waals surface area (Å²) in [5.74, 6) is 1.01. The van der Waals surface area contributed by atoms with E-state index in [1.165, 1.54) is 0 Å². The Morgan fingerprint density at radius 3 is 2.38 bits per heavy atom. The second-order valence-corrected chi connectivity index (χ2v) is 5.02. The fourth-order valence-corrected chi connectivity index (χ4v) is 2.46. The monoisotopic (exact) mass is 304 g/mol. The highest BCUT2D eigenvalue weighted by Gasteiger charge is 2.21. The van der Waals surface area contributed by atoms with Crippen molar-refractivity contribution >= 4 is 16.8 Å². The number of rotatable bonds is 6. The van der Waals surface area contributed by atoms with E-state index in [0.29, 0.717) is 17.9 Å². The topological polar surface area (TPSA) is 35.5 Å². The van der Waals surface area contributed by atoms with Crippen molar-refractivity contribution in [1.29, 1.82) is 0 Å². The SMILES string of the molecule is COc1ccc(CC(C(=O)Cl)c2ccccc2)c(OC)c1. The standard InChI is InChI=1S/C17H17ClO3/c1-20-14-9-8-13(16(11-14)21-2)10-15(17(18)19)12-6-4-3-5-7-12/h3-9,11,15H,10H2,1-2H3. The molecule has 1 atom stereocenters. The van der Waals surface area contributed by atoms with Gasteiger partial charge in [0.2, 0.25) is 5.24 Å². The smallest absolute Gasteiger partial charge is 0.229 e. The maximum atomic E-state index is 11.8. The first-order valence-electron chi connectivity index (χ1n) is 6.61. The lowest BCUT2D eigenvalue weighted by Gasteiger charge is -2.16. The molecule has 1 unspecified atom stereocenters. The summed E-state index contributed by atoms with van der Waals surface area (Å²) in [6.45, 7) is 0. The fraction of sp³-hybridized carbons (Fsp3) is 0.235. The molecule has 110 valence electrons. The molecule has 0 radical (unpaired) electrons. The second kappa shape index (κ2) is 7.14. The van der Waals surface area contributed by atoms with Crippen LogP contribution < -0.4 is 9.47 Å². The van der Waals surface area contributed by atoms with Gasteiger partial charge in [0.15, 0.2) is 0 Å². The number of carbonyl (C=O) groups is 1. The van der Waals surface area contributed by atoms with Gasteiger partial charge in [-0.15, -0.1) is 0 Å². The summed E-state index contributed by atoms with van der Waals surface area (Å²) < 4.78 is 10.5. The van der Waals surface area contributed by atoms with E-state index in [1.54, 1.807) is 20.3 Å². The molecule has 0 bridgehead atoms. The van der Waals surface area contributed by atoms with E-state index in [2.05, 4.69) is 0 Å². The second-order valence-electron chi connectivity index (χ2n) is 4.65. The number of methoxy groups -OCH3 is 2. The van der Waals surface area contributed by atoms with Gasteiger partial charge in [0.25, 0.3) is 0 Å². The normalized spacial score (nSPS) is 11.8. The highest BCUT2D eigenvalue weighted by molar-refractivity contribution is 6.64. The zero-order chi connectivity index (χ0) is 15.2. The van der Waals surface area contributed by atoms with Gasteiger partial charge in [0.05, 0.1) is 20.1 Å². The largest absolute Gasteiger partial charge is 0.497 e. The molecule has 2 aromatic carbocycles. The molecule has 0 aromatic heterocycles. The lowest BCUT2D eigenvalue weighted by Crippen LogP contribution is -2.11.